The van der Waals surface area contributed by atoms with Gasteiger partial charge in [-0.25, -0.2) is 17.7 Å². The molecule has 1 heterocycles. The molecule has 0 spiro atoms. The Bertz CT molecular complexity index is 1110. The molecular formula is C18H19BrClN3O2S2. The molecule has 0 aliphatic rings. The standard InChI is InChI=1S/C18H18ClN3O2S2.BrH/c1-21(2)26(23,24)17-11-13(9-10-15(17)19)16-12-25-18(22(16)3)20-14-7-5-4-6-8-14;/h4-12H,1-3H3;1H. The fraction of sp³-hybridized carbons (Fsp3) is 0.167. The molecule has 0 atom stereocenters. The van der Waals surface area contributed by atoms with Crippen molar-refractivity contribution >= 4 is 55.6 Å². The van der Waals surface area contributed by atoms with Crippen molar-refractivity contribution in [1.29, 1.82) is 0 Å². The second kappa shape index (κ2) is 8.70. The second-order valence-electron chi connectivity index (χ2n) is 5.84. The molecule has 0 saturated heterocycles. The zero-order valence-electron chi connectivity index (χ0n) is 15.0. The summed E-state index contributed by atoms with van der Waals surface area (Å²) in [5.74, 6) is 0. The van der Waals surface area contributed by atoms with Crippen molar-refractivity contribution in [1.82, 2.24) is 8.87 Å². The van der Waals surface area contributed by atoms with Gasteiger partial charge in [0.2, 0.25) is 10.0 Å². The molecular weight excluding hydrogens is 470 g/mol. The van der Waals surface area contributed by atoms with E-state index in [0.29, 0.717) is 0 Å². The summed E-state index contributed by atoms with van der Waals surface area (Å²) >= 11 is 7.63. The number of para-hydroxylation sites is 1. The highest BCUT2D eigenvalue weighted by Crippen LogP contribution is 2.29. The van der Waals surface area contributed by atoms with Crippen molar-refractivity contribution in [3.63, 3.8) is 0 Å². The zero-order valence-corrected chi connectivity index (χ0v) is 19.1. The Kier molecular flexibility index (Phi) is 7.04. The lowest BCUT2D eigenvalue weighted by Crippen LogP contribution is -2.22. The summed E-state index contributed by atoms with van der Waals surface area (Å²) in [5.41, 5.74) is 2.50. The summed E-state index contributed by atoms with van der Waals surface area (Å²) in [6.07, 6.45) is 0. The lowest BCUT2D eigenvalue weighted by molar-refractivity contribution is 0.521. The van der Waals surface area contributed by atoms with Crippen LogP contribution >= 0.6 is 39.9 Å². The molecule has 9 heteroatoms. The Labute approximate surface area is 178 Å². The monoisotopic (exact) mass is 487 g/mol. The zero-order chi connectivity index (χ0) is 18.9. The van der Waals surface area contributed by atoms with Crippen molar-refractivity contribution in [3.05, 3.63) is 63.7 Å². The maximum atomic E-state index is 12.5. The number of halogens is 2. The minimum Gasteiger partial charge on any atom is -0.320 e. The average molecular weight is 489 g/mol. The van der Waals surface area contributed by atoms with Gasteiger partial charge in [0.25, 0.3) is 0 Å². The Morgan fingerprint density at radius 3 is 2.41 bits per heavy atom. The first-order valence-corrected chi connectivity index (χ1v) is 10.5. The number of hydrogen-bond acceptors (Lipinski definition) is 4. The van der Waals surface area contributed by atoms with Gasteiger partial charge >= 0.3 is 0 Å². The van der Waals surface area contributed by atoms with E-state index in [0.717, 1.165) is 26.1 Å². The van der Waals surface area contributed by atoms with E-state index in [9.17, 15) is 8.42 Å². The summed E-state index contributed by atoms with van der Waals surface area (Å²) < 4.78 is 28.1. The van der Waals surface area contributed by atoms with Gasteiger partial charge in [-0.3, -0.25) is 0 Å². The molecule has 0 unspecified atom stereocenters. The summed E-state index contributed by atoms with van der Waals surface area (Å²) in [7, 11) is 1.26. The van der Waals surface area contributed by atoms with Crippen LogP contribution in [0.2, 0.25) is 5.02 Å². The molecule has 0 radical (unpaired) electrons. The smallest absolute Gasteiger partial charge is 0.244 e. The third-order valence-corrected chi connectivity index (χ3v) is 7.10. The van der Waals surface area contributed by atoms with Gasteiger partial charge in [0.1, 0.15) is 4.90 Å². The minimum atomic E-state index is -3.62. The van der Waals surface area contributed by atoms with Crippen molar-refractivity contribution in [2.24, 2.45) is 12.0 Å². The van der Waals surface area contributed by atoms with Crippen LogP contribution < -0.4 is 4.80 Å². The molecule has 0 saturated carbocycles. The largest absolute Gasteiger partial charge is 0.320 e. The van der Waals surface area contributed by atoms with Crippen LogP contribution in [-0.2, 0) is 17.1 Å². The van der Waals surface area contributed by atoms with E-state index in [-0.39, 0.29) is 26.9 Å². The Hall–Kier alpha value is -1.45. The molecule has 0 bridgehead atoms. The molecule has 3 aromatic rings. The van der Waals surface area contributed by atoms with Crippen LogP contribution in [0.25, 0.3) is 11.3 Å². The fourth-order valence-electron chi connectivity index (χ4n) is 2.40. The molecule has 144 valence electrons. The molecule has 27 heavy (non-hydrogen) atoms. The van der Waals surface area contributed by atoms with Crippen LogP contribution in [0.1, 0.15) is 0 Å². The number of nitrogens with zero attached hydrogens (tertiary/aromatic N) is 3. The SMILES string of the molecule is Br.CN(C)S(=O)(=O)c1cc(-c2csc(=Nc3ccccc3)n2C)ccc1Cl. The number of rotatable bonds is 4. The summed E-state index contributed by atoms with van der Waals surface area (Å²) in [6, 6.07) is 14.7. The van der Waals surface area contributed by atoms with E-state index >= 15 is 0 Å². The van der Waals surface area contributed by atoms with Gasteiger partial charge < -0.3 is 4.57 Å². The highest BCUT2D eigenvalue weighted by molar-refractivity contribution is 8.93. The number of thiazole rings is 1. The Morgan fingerprint density at radius 2 is 1.78 bits per heavy atom. The van der Waals surface area contributed by atoms with Crippen molar-refractivity contribution < 1.29 is 8.42 Å². The van der Waals surface area contributed by atoms with Gasteiger partial charge in [-0.2, -0.15) is 0 Å². The first-order valence-electron chi connectivity index (χ1n) is 7.77. The normalized spacial score (nSPS) is 12.3. The summed E-state index contributed by atoms with van der Waals surface area (Å²) in [5, 5.41) is 2.16. The fourth-order valence-corrected chi connectivity index (χ4v) is 4.72. The lowest BCUT2D eigenvalue weighted by atomic mass is 10.2. The summed E-state index contributed by atoms with van der Waals surface area (Å²) in [4.78, 5) is 5.54. The predicted octanol–water partition coefficient (Wildman–Crippen LogP) is 4.47. The topological polar surface area (TPSA) is 54.7 Å². The predicted molar refractivity (Wildman–Crippen MR) is 117 cm³/mol. The van der Waals surface area contributed by atoms with Gasteiger partial charge in [0, 0.05) is 32.1 Å². The molecule has 5 nitrogen and oxygen atoms in total. The quantitative estimate of drug-likeness (QED) is 0.544. The van der Waals surface area contributed by atoms with E-state index in [1.807, 2.05) is 53.4 Å². The van der Waals surface area contributed by atoms with Crippen molar-refractivity contribution in [2.45, 2.75) is 4.90 Å². The number of benzene rings is 2. The van der Waals surface area contributed by atoms with Crippen LogP contribution in [0.3, 0.4) is 0 Å². The van der Waals surface area contributed by atoms with Crippen LogP contribution in [0.15, 0.2) is 63.8 Å². The van der Waals surface area contributed by atoms with Crippen molar-refractivity contribution in [3.8, 4) is 11.3 Å². The molecule has 3 rings (SSSR count). The second-order valence-corrected chi connectivity index (χ2v) is 9.21. The number of sulfonamides is 1. The van der Waals surface area contributed by atoms with Crippen LogP contribution in [0.5, 0.6) is 0 Å². The minimum absolute atomic E-state index is 0. The number of hydrogen-bond donors (Lipinski definition) is 0. The van der Waals surface area contributed by atoms with Crippen LogP contribution in [0, 0.1) is 0 Å². The van der Waals surface area contributed by atoms with Crippen LogP contribution in [-0.4, -0.2) is 31.4 Å². The van der Waals surface area contributed by atoms with Gasteiger partial charge in [0.05, 0.1) is 16.4 Å². The first kappa shape index (κ1) is 21.8. The van der Waals surface area contributed by atoms with Crippen LogP contribution in [0.4, 0.5) is 5.69 Å². The van der Waals surface area contributed by atoms with Gasteiger partial charge in [-0.15, -0.1) is 28.3 Å². The van der Waals surface area contributed by atoms with E-state index in [1.54, 1.807) is 12.1 Å². The lowest BCUT2D eigenvalue weighted by Gasteiger charge is -2.14. The molecule has 0 aliphatic carbocycles. The highest BCUT2D eigenvalue weighted by atomic mass is 79.9. The molecule has 1 aromatic heterocycles. The molecule has 0 amide bonds. The molecule has 0 N–H and O–H groups in total. The van der Waals surface area contributed by atoms with E-state index in [2.05, 4.69) is 4.99 Å². The maximum absolute atomic E-state index is 12.5. The van der Waals surface area contributed by atoms with Crippen molar-refractivity contribution in [2.75, 3.05) is 14.1 Å². The Balaban J connectivity index is 0.00000261. The van der Waals surface area contributed by atoms with E-state index in [4.69, 9.17) is 11.6 Å². The third-order valence-electron chi connectivity index (χ3n) is 3.89. The Morgan fingerprint density at radius 1 is 1.11 bits per heavy atom. The van der Waals surface area contributed by atoms with E-state index in [1.165, 1.54) is 25.4 Å². The molecule has 2 aromatic carbocycles. The average Bonchev–Trinajstić information content (AvgIpc) is 2.97. The third kappa shape index (κ3) is 4.52. The molecule has 0 fully saturated rings. The summed E-state index contributed by atoms with van der Waals surface area (Å²) in [6.45, 7) is 0. The van der Waals surface area contributed by atoms with Gasteiger partial charge in [-0.05, 0) is 24.3 Å². The highest BCUT2D eigenvalue weighted by Gasteiger charge is 2.22. The first-order chi connectivity index (χ1) is 12.3. The van der Waals surface area contributed by atoms with Gasteiger partial charge in [0.15, 0.2) is 4.80 Å². The number of aromatic nitrogens is 1. The molecule has 0 aliphatic heterocycles. The van der Waals surface area contributed by atoms with E-state index < -0.39 is 10.0 Å². The maximum Gasteiger partial charge on any atom is 0.244 e. The van der Waals surface area contributed by atoms with Gasteiger partial charge in [-0.1, -0.05) is 35.9 Å².